The molecule has 0 aliphatic heterocycles. The van der Waals surface area contributed by atoms with E-state index in [1.54, 1.807) is 0 Å². The van der Waals surface area contributed by atoms with E-state index in [-0.39, 0.29) is 23.2 Å². The molecule has 1 amide bonds. The quantitative estimate of drug-likeness (QED) is 0.699. The molecule has 116 valence electrons. The molecule has 1 fully saturated rings. The van der Waals surface area contributed by atoms with Gasteiger partial charge in [-0.05, 0) is 32.6 Å². The van der Waals surface area contributed by atoms with E-state index in [9.17, 15) is 9.59 Å². The third kappa shape index (κ3) is 3.29. The van der Waals surface area contributed by atoms with Crippen LogP contribution in [0.25, 0.3) is 0 Å². The fourth-order valence-corrected chi connectivity index (χ4v) is 3.30. The summed E-state index contributed by atoms with van der Waals surface area (Å²) in [6.07, 6.45) is 2.37. The van der Waals surface area contributed by atoms with Crippen molar-refractivity contribution in [3.05, 3.63) is 10.4 Å². The number of carbonyl (C=O) groups excluding carboxylic acids is 2. The second-order valence-electron chi connectivity index (χ2n) is 5.17. The molecule has 0 saturated heterocycles. The molecule has 1 aromatic rings. The van der Waals surface area contributed by atoms with Crippen LogP contribution in [-0.2, 0) is 4.74 Å². The average Bonchev–Trinajstić information content (AvgIpc) is 3.24. The van der Waals surface area contributed by atoms with Crippen molar-refractivity contribution in [1.29, 1.82) is 0 Å². The monoisotopic (exact) mass is 311 g/mol. The molecule has 1 atom stereocenters. The van der Waals surface area contributed by atoms with E-state index in [1.807, 2.05) is 6.92 Å². The summed E-state index contributed by atoms with van der Waals surface area (Å²) < 4.78 is 4.78. The van der Waals surface area contributed by atoms with E-state index in [2.05, 4.69) is 17.6 Å². The van der Waals surface area contributed by atoms with Crippen molar-refractivity contribution in [2.24, 2.45) is 5.92 Å². The van der Waals surface area contributed by atoms with E-state index < -0.39 is 5.97 Å². The highest BCUT2D eigenvalue weighted by Gasteiger charge is 2.31. The van der Waals surface area contributed by atoms with E-state index in [1.165, 1.54) is 31.3 Å². The topological polar surface area (TPSA) is 93.5 Å². The molecule has 0 spiro atoms. The summed E-state index contributed by atoms with van der Waals surface area (Å²) in [6.45, 7) is 4.41. The molecule has 1 aliphatic carbocycles. The number of rotatable bonds is 6. The number of hydrogen-bond donors (Lipinski definition) is 3. The molecule has 1 aliphatic rings. The zero-order chi connectivity index (χ0) is 15.6. The van der Waals surface area contributed by atoms with Crippen LogP contribution in [-0.4, -0.2) is 31.6 Å². The predicted octanol–water partition coefficient (Wildman–Crippen LogP) is 2.08. The van der Waals surface area contributed by atoms with Crippen molar-refractivity contribution in [3.8, 4) is 0 Å². The Morgan fingerprint density at radius 1 is 1.48 bits per heavy atom. The molecule has 0 aromatic carbocycles. The van der Waals surface area contributed by atoms with Crippen LogP contribution >= 0.6 is 11.3 Å². The minimum absolute atomic E-state index is 0.184. The summed E-state index contributed by atoms with van der Waals surface area (Å²) >= 11 is 1.20. The first-order chi connectivity index (χ1) is 9.99. The van der Waals surface area contributed by atoms with Crippen molar-refractivity contribution >= 4 is 33.9 Å². The molecule has 7 heteroatoms. The maximum absolute atomic E-state index is 12.0. The van der Waals surface area contributed by atoms with Gasteiger partial charge in [-0.15, -0.1) is 11.3 Å². The molecular formula is C14H21N3O3S. The van der Waals surface area contributed by atoms with Crippen molar-refractivity contribution in [1.82, 2.24) is 5.32 Å². The number of anilines is 2. The van der Waals surface area contributed by atoms with E-state index in [4.69, 9.17) is 10.5 Å². The average molecular weight is 311 g/mol. The number of amides is 1. The molecule has 21 heavy (non-hydrogen) atoms. The minimum atomic E-state index is -0.523. The van der Waals surface area contributed by atoms with Gasteiger partial charge in [0, 0.05) is 12.6 Å². The lowest BCUT2D eigenvalue weighted by Gasteiger charge is -2.13. The fraction of sp³-hybridized carbons (Fsp3) is 0.571. The summed E-state index contributed by atoms with van der Waals surface area (Å²) in [5.74, 6) is -0.172. The predicted molar refractivity (Wildman–Crippen MR) is 83.9 cm³/mol. The standard InChI is InChI=1S/C14H21N3O3S/c1-4-16-12(18)11-10(15)9(14(19)20-3)13(21-11)17-7(2)8-5-6-8/h7-8,17H,4-6,15H2,1-3H3,(H,16,18). The van der Waals surface area contributed by atoms with Crippen LogP contribution in [0.5, 0.6) is 0 Å². The highest BCUT2D eigenvalue weighted by Crippen LogP contribution is 2.40. The normalized spacial score (nSPS) is 15.4. The molecule has 6 nitrogen and oxygen atoms in total. The van der Waals surface area contributed by atoms with Crippen molar-refractivity contribution < 1.29 is 14.3 Å². The Morgan fingerprint density at radius 2 is 2.14 bits per heavy atom. The van der Waals surface area contributed by atoms with Gasteiger partial charge in [0.25, 0.3) is 5.91 Å². The van der Waals surface area contributed by atoms with Gasteiger partial charge in [0.1, 0.15) is 15.4 Å². The minimum Gasteiger partial charge on any atom is -0.465 e. The zero-order valence-corrected chi connectivity index (χ0v) is 13.3. The molecular weight excluding hydrogens is 290 g/mol. The van der Waals surface area contributed by atoms with Gasteiger partial charge in [-0.2, -0.15) is 0 Å². The summed E-state index contributed by atoms with van der Waals surface area (Å²) in [7, 11) is 1.30. The van der Waals surface area contributed by atoms with Crippen LogP contribution in [0.1, 0.15) is 46.7 Å². The van der Waals surface area contributed by atoms with Crippen LogP contribution < -0.4 is 16.4 Å². The third-order valence-electron chi connectivity index (χ3n) is 3.57. The summed E-state index contributed by atoms with van der Waals surface area (Å²) in [4.78, 5) is 24.3. The molecule has 1 heterocycles. The summed E-state index contributed by atoms with van der Waals surface area (Å²) in [5, 5.41) is 6.61. The van der Waals surface area contributed by atoms with E-state index in [0.717, 1.165) is 0 Å². The van der Waals surface area contributed by atoms with E-state index >= 15 is 0 Å². The SMILES string of the molecule is CCNC(=O)c1sc(NC(C)C2CC2)c(C(=O)OC)c1N. The van der Waals surface area contributed by atoms with Crippen molar-refractivity contribution in [2.75, 3.05) is 24.7 Å². The lowest BCUT2D eigenvalue weighted by Crippen LogP contribution is -2.22. The second kappa shape index (κ2) is 6.34. The molecule has 1 unspecified atom stereocenters. The lowest BCUT2D eigenvalue weighted by molar-refractivity contribution is 0.0603. The van der Waals surface area contributed by atoms with Gasteiger partial charge in [-0.1, -0.05) is 0 Å². The molecule has 4 N–H and O–H groups in total. The highest BCUT2D eigenvalue weighted by atomic mass is 32.1. The highest BCUT2D eigenvalue weighted by molar-refractivity contribution is 7.19. The number of esters is 1. The lowest BCUT2D eigenvalue weighted by atomic mass is 10.2. The Hall–Kier alpha value is -1.76. The zero-order valence-electron chi connectivity index (χ0n) is 12.5. The Balaban J connectivity index is 2.33. The van der Waals surface area contributed by atoms with Crippen LogP contribution in [0.2, 0.25) is 0 Å². The van der Waals surface area contributed by atoms with E-state index in [0.29, 0.717) is 22.3 Å². The van der Waals surface area contributed by atoms with Crippen LogP contribution in [0, 0.1) is 5.92 Å². The number of methoxy groups -OCH3 is 1. The van der Waals surface area contributed by atoms with Crippen molar-refractivity contribution in [2.45, 2.75) is 32.7 Å². The Kier molecular flexibility index (Phi) is 4.72. The first-order valence-corrected chi connectivity index (χ1v) is 7.86. The van der Waals surface area contributed by atoms with Gasteiger partial charge in [0.2, 0.25) is 0 Å². The van der Waals surface area contributed by atoms with Crippen LogP contribution in [0.4, 0.5) is 10.7 Å². The third-order valence-corrected chi connectivity index (χ3v) is 4.70. The van der Waals surface area contributed by atoms with Gasteiger partial charge >= 0.3 is 5.97 Å². The van der Waals surface area contributed by atoms with Gasteiger partial charge in [0.15, 0.2) is 0 Å². The number of carbonyl (C=O) groups is 2. The smallest absolute Gasteiger partial charge is 0.343 e. The van der Waals surface area contributed by atoms with Crippen LogP contribution in [0.15, 0.2) is 0 Å². The Morgan fingerprint density at radius 3 is 2.67 bits per heavy atom. The maximum Gasteiger partial charge on any atom is 0.343 e. The van der Waals surface area contributed by atoms with Gasteiger partial charge in [-0.3, -0.25) is 4.79 Å². The number of nitrogens with one attached hydrogen (secondary N) is 2. The molecule has 0 bridgehead atoms. The van der Waals surface area contributed by atoms with Gasteiger partial charge in [-0.25, -0.2) is 4.79 Å². The molecule has 2 rings (SSSR count). The number of nitrogens with two attached hydrogens (primary N) is 1. The summed E-state index contributed by atoms with van der Waals surface area (Å²) in [6, 6.07) is 0.244. The maximum atomic E-state index is 12.0. The largest absolute Gasteiger partial charge is 0.465 e. The fourth-order valence-electron chi connectivity index (χ4n) is 2.18. The summed E-state index contributed by atoms with van der Waals surface area (Å²) in [5.41, 5.74) is 6.43. The number of nitrogen functional groups attached to an aromatic ring is 1. The molecule has 0 radical (unpaired) electrons. The second-order valence-corrected chi connectivity index (χ2v) is 6.19. The number of thiophene rings is 1. The number of hydrogen-bond acceptors (Lipinski definition) is 6. The van der Waals surface area contributed by atoms with Crippen LogP contribution in [0.3, 0.4) is 0 Å². The Labute approximate surface area is 128 Å². The Bertz CT molecular complexity index is 552. The first kappa shape index (κ1) is 15.6. The number of ether oxygens (including phenoxy) is 1. The van der Waals surface area contributed by atoms with Crippen molar-refractivity contribution in [3.63, 3.8) is 0 Å². The first-order valence-electron chi connectivity index (χ1n) is 7.04. The molecule has 1 saturated carbocycles. The van der Waals surface area contributed by atoms with Gasteiger partial charge < -0.3 is 21.1 Å². The van der Waals surface area contributed by atoms with Gasteiger partial charge in [0.05, 0.1) is 12.8 Å². The molecule has 1 aromatic heterocycles.